The summed E-state index contributed by atoms with van der Waals surface area (Å²) in [5.74, 6) is 0.678. The molecule has 0 spiro atoms. The van der Waals surface area contributed by atoms with Gasteiger partial charge in [-0.15, -0.1) is 0 Å². The zero-order chi connectivity index (χ0) is 14.8. The Kier molecular flexibility index (Phi) is 10.5. The molecule has 0 rings (SSSR count). The van der Waals surface area contributed by atoms with Crippen LogP contribution in [0.5, 0.6) is 0 Å². The summed E-state index contributed by atoms with van der Waals surface area (Å²) in [5.41, 5.74) is 0. The monoisotopic (exact) mass is 273 g/mol. The van der Waals surface area contributed by atoms with Crippen LogP contribution in [0.2, 0.25) is 0 Å². The lowest BCUT2D eigenvalue weighted by atomic mass is 10.0. The molecule has 0 aliphatic rings. The number of hydrogen-bond donors (Lipinski definition) is 2. The first kappa shape index (κ1) is 18.8. The maximum absolute atomic E-state index is 10.1. The molecule has 2 unspecified atom stereocenters. The van der Waals surface area contributed by atoms with Crippen molar-refractivity contribution in [2.45, 2.75) is 46.3 Å². The molecule has 0 bridgehead atoms. The average Bonchev–Trinajstić information content (AvgIpc) is 2.31. The number of rotatable bonds is 11. The lowest BCUT2D eigenvalue weighted by molar-refractivity contribution is 0.111. The molecule has 0 aliphatic carbocycles. The van der Waals surface area contributed by atoms with Crippen LogP contribution < -0.4 is 5.32 Å². The van der Waals surface area contributed by atoms with Gasteiger partial charge in [-0.2, -0.15) is 0 Å². The standard InChI is InChI=1S/C15H35N3O/c1-7-18(8-2)12-15(19)10-16-14(9-13(3)4)11-17(5)6/h13-16,19H,7-12H2,1-6H3. The second-order valence-corrected chi connectivity index (χ2v) is 6.14. The van der Waals surface area contributed by atoms with Crippen LogP contribution in [0.15, 0.2) is 0 Å². The first-order chi connectivity index (χ1) is 8.88. The lowest BCUT2D eigenvalue weighted by Crippen LogP contribution is -2.45. The van der Waals surface area contributed by atoms with Gasteiger partial charge in [0, 0.05) is 25.7 Å². The quantitative estimate of drug-likeness (QED) is 0.594. The van der Waals surface area contributed by atoms with Crippen LogP contribution in [0.3, 0.4) is 0 Å². The Morgan fingerprint density at radius 1 is 1.05 bits per heavy atom. The van der Waals surface area contributed by atoms with E-state index in [4.69, 9.17) is 0 Å². The predicted molar refractivity (Wildman–Crippen MR) is 83.6 cm³/mol. The van der Waals surface area contributed by atoms with Crippen molar-refractivity contribution < 1.29 is 5.11 Å². The Hall–Kier alpha value is -0.160. The summed E-state index contributed by atoms with van der Waals surface area (Å²) in [5, 5.41) is 13.6. The van der Waals surface area contributed by atoms with E-state index in [1.54, 1.807) is 0 Å². The van der Waals surface area contributed by atoms with Crippen LogP contribution in [0.4, 0.5) is 0 Å². The highest BCUT2D eigenvalue weighted by Crippen LogP contribution is 2.05. The largest absolute Gasteiger partial charge is 0.390 e. The van der Waals surface area contributed by atoms with E-state index in [2.05, 4.69) is 56.9 Å². The third kappa shape index (κ3) is 10.3. The fraction of sp³-hybridized carbons (Fsp3) is 1.00. The number of likely N-dealkylation sites (N-methyl/N-ethyl adjacent to an activating group) is 2. The molecule has 0 amide bonds. The van der Waals surface area contributed by atoms with Crippen molar-refractivity contribution in [1.29, 1.82) is 0 Å². The fourth-order valence-corrected chi connectivity index (χ4v) is 2.38. The highest BCUT2D eigenvalue weighted by molar-refractivity contribution is 4.74. The Bertz CT molecular complexity index is 196. The van der Waals surface area contributed by atoms with Crippen molar-refractivity contribution >= 4 is 0 Å². The van der Waals surface area contributed by atoms with Gasteiger partial charge in [-0.3, -0.25) is 0 Å². The smallest absolute Gasteiger partial charge is 0.0791 e. The molecular weight excluding hydrogens is 238 g/mol. The molecule has 4 nitrogen and oxygen atoms in total. The van der Waals surface area contributed by atoms with Crippen molar-refractivity contribution in [3.05, 3.63) is 0 Å². The topological polar surface area (TPSA) is 38.7 Å². The van der Waals surface area contributed by atoms with Gasteiger partial charge >= 0.3 is 0 Å². The highest BCUT2D eigenvalue weighted by Gasteiger charge is 2.14. The van der Waals surface area contributed by atoms with Crippen LogP contribution >= 0.6 is 0 Å². The molecule has 0 aliphatic heterocycles. The van der Waals surface area contributed by atoms with E-state index in [1.807, 2.05) is 0 Å². The van der Waals surface area contributed by atoms with Gasteiger partial charge in [-0.1, -0.05) is 27.7 Å². The molecule has 0 aromatic heterocycles. The van der Waals surface area contributed by atoms with E-state index in [-0.39, 0.29) is 6.10 Å². The van der Waals surface area contributed by atoms with Gasteiger partial charge in [0.05, 0.1) is 6.10 Å². The van der Waals surface area contributed by atoms with E-state index in [1.165, 1.54) is 0 Å². The Morgan fingerprint density at radius 3 is 2.05 bits per heavy atom. The van der Waals surface area contributed by atoms with Gasteiger partial charge in [0.15, 0.2) is 0 Å². The Morgan fingerprint density at radius 2 is 1.63 bits per heavy atom. The first-order valence-electron chi connectivity index (χ1n) is 7.67. The molecule has 0 heterocycles. The Labute approximate surface area is 120 Å². The minimum absolute atomic E-state index is 0.281. The molecule has 0 fully saturated rings. The maximum atomic E-state index is 10.1. The molecule has 4 heteroatoms. The zero-order valence-corrected chi connectivity index (χ0v) is 13.8. The summed E-state index contributed by atoms with van der Waals surface area (Å²) in [6.07, 6.45) is 0.868. The molecule has 2 atom stereocenters. The normalized spacial score (nSPS) is 15.5. The van der Waals surface area contributed by atoms with Crippen LogP contribution in [-0.2, 0) is 0 Å². The molecule has 116 valence electrons. The van der Waals surface area contributed by atoms with E-state index < -0.39 is 0 Å². The van der Waals surface area contributed by atoms with Gasteiger partial charge in [-0.05, 0) is 39.5 Å². The zero-order valence-electron chi connectivity index (χ0n) is 13.8. The minimum atomic E-state index is -0.281. The summed E-state index contributed by atoms with van der Waals surface area (Å²) in [6, 6.07) is 0.460. The van der Waals surface area contributed by atoms with Crippen molar-refractivity contribution in [2.75, 3.05) is 46.8 Å². The summed E-state index contributed by atoms with van der Waals surface area (Å²) in [6.45, 7) is 13.2. The summed E-state index contributed by atoms with van der Waals surface area (Å²) in [4.78, 5) is 4.46. The fourth-order valence-electron chi connectivity index (χ4n) is 2.38. The van der Waals surface area contributed by atoms with Crippen LogP contribution in [-0.4, -0.2) is 73.9 Å². The SMILES string of the molecule is CCN(CC)CC(O)CNC(CC(C)C)CN(C)C. The summed E-state index contributed by atoms with van der Waals surface area (Å²) in [7, 11) is 4.20. The molecule has 0 radical (unpaired) electrons. The number of aliphatic hydroxyl groups excluding tert-OH is 1. The van der Waals surface area contributed by atoms with Gasteiger partial charge in [0.1, 0.15) is 0 Å². The number of hydrogen-bond acceptors (Lipinski definition) is 4. The summed E-state index contributed by atoms with van der Waals surface area (Å²) >= 11 is 0. The second kappa shape index (κ2) is 10.6. The molecule has 0 saturated carbocycles. The van der Waals surface area contributed by atoms with E-state index in [0.29, 0.717) is 18.5 Å². The lowest BCUT2D eigenvalue weighted by Gasteiger charge is -2.27. The van der Waals surface area contributed by atoms with Crippen molar-refractivity contribution in [1.82, 2.24) is 15.1 Å². The molecule has 19 heavy (non-hydrogen) atoms. The minimum Gasteiger partial charge on any atom is -0.390 e. The molecule has 0 aromatic carbocycles. The molecule has 0 saturated heterocycles. The molecular formula is C15H35N3O. The Balaban J connectivity index is 4.07. The predicted octanol–water partition coefficient (Wildman–Crippen LogP) is 1.26. The van der Waals surface area contributed by atoms with Crippen LogP contribution in [0.1, 0.15) is 34.1 Å². The third-order valence-corrected chi connectivity index (χ3v) is 3.35. The number of nitrogens with zero attached hydrogens (tertiary/aromatic N) is 2. The van der Waals surface area contributed by atoms with Crippen molar-refractivity contribution in [3.63, 3.8) is 0 Å². The maximum Gasteiger partial charge on any atom is 0.0791 e. The third-order valence-electron chi connectivity index (χ3n) is 3.35. The van der Waals surface area contributed by atoms with Gasteiger partial charge in [-0.25, -0.2) is 0 Å². The molecule has 2 N–H and O–H groups in total. The van der Waals surface area contributed by atoms with Crippen molar-refractivity contribution in [3.8, 4) is 0 Å². The van der Waals surface area contributed by atoms with Crippen LogP contribution in [0, 0.1) is 5.92 Å². The van der Waals surface area contributed by atoms with Crippen LogP contribution in [0.25, 0.3) is 0 Å². The van der Waals surface area contributed by atoms with Gasteiger partial charge in [0.2, 0.25) is 0 Å². The average molecular weight is 273 g/mol. The highest BCUT2D eigenvalue weighted by atomic mass is 16.3. The van der Waals surface area contributed by atoms with E-state index >= 15 is 0 Å². The first-order valence-corrected chi connectivity index (χ1v) is 7.67. The summed E-state index contributed by atoms with van der Waals surface area (Å²) < 4.78 is 0. The van der Waals surface area contributed by atoms with Gasteiger partial charge < -0.3 is 20.2 Å². The number of aliphatic hydroxyl groups is 1. The molecule has 0 aromatic rings. The van der Waals surface area contributed by atoms with Gasteiger partial charge in [0.25, 0.3) is 0 Å². The van der Waals surface area contributed by atoms with E-state index in [0.717, 1.165) is 32.6 Å². The van der Waals surface area contributed by atoms with E-state index in [9.17, 15) is 5.11 Å². The second-order valence-electron chi connectivity index (χ2n) is 6.14. The van der Waals surface area contributed by atoms with Crippen molar-refractivity contribution in [2.24, 2.45) is 5.92 Å². The number of nitrogens with one attached hydrogen (secondary N) is 1.